The Morgan fingerprint density at radius 1 is 1.25 bits per heavy atom. The fraction of sp³-hybridized carbons (Fsp3) is 0.312. The van der Waals surface area contributed by atoms with E-state index < -0.39 is 30.1 Å². The van der Waals surface area contributed by atoms with E-state index in [1.54, 1.807) is 0 Å². The van der Waals surface area contributed by atoms with Crippen LogP contribution in [0, 0.1) is 0 Å². The molecule has 0 aliphatic carbocycles. The number of hydrogen-bond acceptors (Lipinski definition) is 6. The van der Waals surface area contributed by atoms with Gasteiger partial charge in [-0.05, 0) is 12.1 Å². The van der Waals surface area contributed by atoms with E-state index >= 15 is 0 Å². The zero-order chi connectivity index (χ0) is 18.1. The molecule has 0 fully saturated rings. The van der Waals surface area contributed by atoms with Gasteiger partial charge in [0.15, 0.2) is 0 Å². The lowest BCUT2D eigenvalue weighted by molar-refractivity contribution is -0.146. The highest BCUT2D eigenvalue weighted by molar-refractivity contribution is 6.18. The highest BCUT2D eigenvalue weighted by Gasteiger charge is 2.22. The van der Waals surface area contributed by atoms with E-state index in [9.17, 15) is 19.5 Å². The van der Waals surface area contributed by atoms with Crippen molar-refractivity contribution in [1.29, 1.82) is 0 Å². The molecule has 0 aliphatic heterocycles. The number of benzene rings is 1. The Hall–Kier alpha value is -2.38. The fourth-order valence-corrected chi connectivity index (χ4v) is 1.95. The molecule has 2 N–H and O–H groups in total. The lowest BCUT2D eigenvalue weighted by Gasteiger charge is -2.19. The number of rotatable bonds is 9. The van der Waals surface area contributed by atoms with Gasteiger partial charge in [0.05, 0.1) is 17.2 Å². The summed E-state index contributed by atoms with van der Waals surface area (Å²) in [6, 6.07) is 5.55. The fourth-order valence-electron chi connectivity index (χ4n) is 1.82. The lowest BCUT2D eigenvalue weighted by atomic mass is 10.1. The Labute approximate surface area is 143 Å². The molecule has 24 heavy (non-hydrogen) atoms. The van der Waals surface area contributed by atoms with Crippen LogP contribution >= 0.6 is 11.6 Å². The normalized spacial score (nSPS) is 12.8. The van der Waals surface area contributed by atoms with Crippen molar-refractivity contribution in [2.45, 2.75) is 18.6 Å². The molecular formula is C16H17ClO7. The van der Waals surface area contributed by atoms with E-state index in [1.165, 1.54) is 24.3 Å². The van der Waals surface area contributed by atoms with Crippen LogP contribution in [-0.4, -0.2) is 52.8 Å². The smallest absolute Gasteiger partial charge is 0.339 e. The predicted octanol–water partition coefficient (Wildman–Crippen LogP) is 1.63. The average molecular weight is 357 g/mol. The Morgan fingerprint density at radius 2 is 1.88 bits per heavy atom. The van der Waals surface area contributed by atoms with Crippen molar-refractivity contribution in [1.82, 2.24) is 0 Å². The Morgan fingerprint density at radius 3 is 2.42 bits per heavy atom. The van der Waals surface area contributed by atoms with Gasteiger partial charge in [-0.25, -0.2) is 14.4 Å². The number of halogens is 1. The molecule has 7 nitrogen and oxygen atoms in total. The summed E-state index contributed by atoms with van der Waals surface area (Å²) in [6.45, 7) is 2.89. The largest absolute Gasteiger partial charge is 0.478 e. The zero-order valence-electron chi connectivity index (χ0n) is 12.7. The van der Waals surface area contributed by atoms with Crippen LogP contribution in [-0.2, 0) is 14.3 Å². The molecule has 1 rings (SSSR count). The van der Waals surface area contributed by atoms with E-state index in [1.807, 2.05) is 0 Å². The van der Waals surface area contributed by atoms with Crippen molar-refractivity contribution in [3.05, 3.63) is 48.0 Å². The van der Waals surface area contributed by atoms with Crippen LogP contribution < -0.4 is 0 Å². The number of alkyl halides is 1. The molecule has 0 saturated heterocycles. The van der Waals surface area contributed by atoms with Crippen molar-refractivity contribution in [2.24, 2.45) is 0 Å². The Balaban J connectivity index is 2.78. The number of carbonyl (C=O) groups is 3. The zero-order valence-corrected chi connectivity index (χ0v) is 13.4. The summed E-state index contributed by atoms with van der Waals surface area (Å²) in [4.78, 5) is 34.4. The number of aliphatic hydroxyl groups excluding tert-OH is 1. The average Bonchev–Trinajstić information content (AvgIpc) is 2.58. The molecule has 8 heteroatoms. The van der Waals surface area contributed by atoms with Gasteiger partial charge in [-0.2, -0.15) is 0 Å². The maximum absolute atomic E-state index is 12.1. The summed E-state index contributed by atoms with van der Waals surface area (Å²) in [6.07, 6.45) is -1.01. The number of aromatic carboxylic acids is 1. The summed E-state index contributed by atoms with van der Waals surface area (Å²) in [5.41, 5.74) is -0.334. The summed E-state index contributed by atoms with van der Waals surface area (Å²) in [7, 11) is 0. The molecule has 2 atom stereocenters. The van der Waals surface area contributed by atoms with Gasteiger partial charge in [0.1, 0.15) is 12.7 Å². The van der Waals surface area contributed by atoms with Crippen LogP contribution in [0.4, 0.5) is 0 Å². The first-order valence-corrected chi connectivity index (χ1v) is 7.49. The molecule has 0 heterocycles. The van der Waals surface area contributed by atoms with Crippen molar-refractivity contribution in [2.75, 3.05) is 12.5 Å². The van der Waals surface area contributed by atoms with Gasteiger partial charge in [0.2, 0.25) is 0 Å². The molecular weight excluding hydrogens is 340 g/mol. The standard InChI is InChI=1S/C16H17ClO7/c1-2-14(19)24-11(7-10(18)8-17)9-23-16(22)13-6-4-3-5-12(13)15(20)21/h2-6,10-11,18H,1,7-9H2,(H,20,21). The lowest BCUT2D eigenvalue weighted by Crippen LogP contribution is -2.29. The monoisotopic (exact) mass is 356 g/mol. The first-order chi connectivity index (χ1) is 11.4. The number of ether oxygens (including phenoxy) is 2. The highest BCUT2D eigenvalue weighted by atomic mass is 35.5. The molecule has 130 valence electrons. The summed E-state index contributed by atoms with van der Waals surface area (Å²) < 4.78 is 9.97. The third kappa shape index (κ3) is 6.02. The summed E-state index contributed by atoms with van der Waals surface area (Å²) in [5, 5.41) is 18.6. The van der Waals surface area contributed by atoms with Crippen molar-refractivity contribution in [3.63, 3.8) is 0 Å². The van der Waals surface area contributed by atoms with Gasteiger partial charge in [0, 0.05) is 18.4 Å². The minimum atomic E-state index is -1.27. The second-order valence-electron chi connectivity index (χ2n) is 4.76. The summed E-state index contributed by atoms with van der Waals surface area (Å²) >= 11 is 5.50. The topological polar surface area (TPSA) is 110 Å². The molecule has 0 saturated carbocycles. The van der Waals surface area contributed by atoms with Crippen molar-refractivity contribution >= 4 is 29.5 Å². The number of esters is 2. The number of hydrogen-bond donors (Lipinski definition) is 2. The summed E-state index contributed by atoms with van der Waals surface area (Å²) in [5.74, 6) is -2.98. The Bertz CT molecular complexity index is 614. The second-order valence-corrected chi connectivity index (χ2v) is 5.06. The van der Waals surface area contributed by atoms with E-state index in [0.717, 1.165) is 6.08 Å². The van der Waals surface area contributed by atoms with Crippen molar-refractivity contribution in [3.8, 4) is 0 Å². The minimum Gasteiger partial charge on any atom is -0.478 e. The van der Waals surface area contributed by atoms with Crippen LogP contribution in [0.1, 0.15) is 27.1 Å². The van der Waals surface area contributed by atoms with Gasteiger partial charge in [0.25, 0.3) is 0 Å². The maximum atomic E-state index is 12.1. The first kappa shape index (κ1) is 19.7. The van der Waals surface area contributed by atoms with Crippen LogP contribution in [0.5, 0.6) is 0 Å². The quantitative estimate of drug-likeness (QED) is 0.393. The van der Waals surface area contributed by atoms with Crippen LogP contribution in [0.3, 0.4) is 0 Å². The molecule has 0 aliphatic rings. The molecule has 2 unspecified atom stereocenters. The van der Waals surface area contributed by atoms with Crippen LogP contribution in [0.25, 0.3) is 0 Å². The molecule has 0 spiro atoms. The third-order valence-corrected chi connectivity index (χ3v) is 3.30. The molecule has 1 aromatic carbocycles. The van der Waals surface area contributed by atoms with E-state index in [2.05, 4.69) is 6.58 Å². The van der Waals surface area contributed by atoms with E-state index in [-0.39, 0.29) is 30.0 Å². The predicted molar refractivity (Wildman–Crippen MR) is 85.1 cm³/mol. The maximum Gasteiger partial charge on any atom is 0.339 e. The second kappa shape index (κ2) is 9.69. The third-order valence-electron chi connectivity index (χ3n) is 2.94. The Kier molecular flexibility index (Phi) is 7.94. The number of aliphatic hydroxyl groups is 1. The molecule has 0 amide bonds. The SMILES string of the molecule is C=CC(=O)OC(COC(=O)c1ccccc1C(=O)O)CC(O)CCl. The van der Waals surface area contributed by atoms with Crippen LogP contribution in [0.15, 0.2) is 36.9 Å². The van der Waals surface area contributed by atoms with Gasteiger partial charge >= 0.3 is 17.9 Å². The van der Waals surface area contributed by atoms with Gasteiger partial charge in [-0.3, -0.25) is 0 Å². The molecule has 1 aromatic rings. The molecule has 0 aromatic heterocycles. The first-order valence-electron chi connectivity index (χ1n) is 6.95. The van der Waals surface area contributed by atoms with Gasteiger partial charge in [-0.15, -0.1) is 11.6 Å². The molecule has 0 radical (unpaired) electrons. The van der Waals surface area contributed by atoms with Gasteiger partial charge in [-0.1, -0.05) is 18.7 Å². The highest BCUT2D eigenvalue weighted by Crippen LogP contribution is 2.12. The molecule has 0 bridgehead atoms. The van der Waals surface area contributed by atoms with Crippen molar-refractivity contribution < 1.29 is 34.1 Å². The number of carboxylic acids is 1. The van der Waals surface area contributed by atoms with E-state index in [0.29, 0.717) is 0 Å². The minimum absolute atomic E-state index is 0.0447. The van der Waals surface area contributed by atoms with E-state index in [4.69, 9.17) is 26.2 Å². The number of carboxylic acid groups (broad SMARTS) is 1. The van der Waals surface area contributed by atoms with Gasteiger partial charge < -0.3 is 19.7 Å². The van der Waals surface area contributed by atoms with Crippen LogP contribution in [0.2, 0.25) is 0 Å². The number of carbonyl (C=O) groups excluding carboxylic acids is 2.